The van der Waals surface area contributed by atoms with Gasteiger partial charge in [0.25, 0.3) is 0 Å². The Labute approximate surface area is 87.8 Å². The van der Waals surface area contributed by atoms with Crippen LogP contribution in [0.2, 0.25) is 0 Å². The maximum atomic E-state index is 8.17. The second-order valence-electron chi connectivity index (χ2n) is 1.44. The third-order valence-electron chi connectivity index (χ3n) is 0.551. The number of aliphatic hydroxyl groups excluding tert-OH is 3. The molecule has 0 radical (unpaired) electrons. The summed E-state index contributed by atoms with van der Waals surface area (Å²) < 4.78 is 0. The molecule has 0 aromatic carbocycles. The van der Waals surface area contributed by atoms with E-state index in [-0.39, 0.29) is 42.8 Å². The first-order valence-electron chi connectivity index (χ1n) is 2.89. The van der Waals surface area contributed by atoms with Crippen LogP contribution < -0.4 is 0 Å². The summed E-state index contributed by atoms with van der Waals surface area (Å²) in [6, 6.07) is 0. The predicted molar refractivity (Wildman–Crippen MR) is 41.6 cm³/mol. The Kier molecular flexibility index (Phi) is 27.5. The van der Waals surface area contributed by atoms with Crippen LogP contribution >= 0.6 is 0 Å². The zero-order valence-corrected chi connectivity index (χ0v) is 5.90. The molecule has 66 valence electrons. The van der Waals surface area contributed by atoms with E-state index in [2.05, 4.69) is 4.89 Å². The van der Waals surface area contributed by atoms with Crippen molar-refractivity contribution in [3.8, 4) is 0 Å². The van der Waals surface area contributed by atoms with Gasteiger partial charge in [-0.25, -0.2) is 4.89 Å². The Morgan fingerprint density at radius 2 is 1.55 bits per heavy atom. The van der Waals surface area contributed by atoms with E-state index in [1.54, 1.807) is 6.92 Å². The molecule has 0 saturated heterocycles. The van der Waals surface area contributed by atoms with Crippen LogP contribution in [0.4, 0.5) is 0 Å². The summed E-state index contributed by atoms with van der Waals surface area (Å²) in [4.78, 5) is 3.54. The summed E-state index contributed by atoms with van der Waals surface area (Å²) in [7, 11) is 0. The fourth-order valence-corrected chi connectivity index (χ4v) is 0.0577. The molecule has 0 amide bonds. The van der Waals surface area contributed by atoms with Crippen LogP contribution in [0.25, 0.3) is 0 Å². The molecular formula is C5H15NaO5. The molecule has 0 aromatic rings. The second-order valence-corrected chi connectivity index (χ2v) is 1.44. The number of rotatable bonds is 3. The van der Waals surface area contributed by atoms with Crippen molar-refractivity contribution in [3.05, 3.63) is 0 Å². The molecular weight excluding hydrogens is 163 g/mol. The molecule has 0 saturated carbocycles. The SMILES string of the molecule is CCOO.OCC(O)CO.[NaH]. The van der Waals surface area contributed by atoms with Crippen molar-refractivity contribution in [2.45, 2.75) is 13.0 Å². The molecule has 0 atom stereocenters. The molecule has 5 nitrogen and oxygen atoms in total. The number of hydrogen-bond acceptors (Lipinski definition) is 5. The average molecular weight is 178 g/mol. The van der Waals surface area contributed by atoms with Gasteiger partial charge in [0.2, 0.25) is 0 Å². The molecule has 6 heteroatoms. The van der Waals surface area contributed by atoms with Gasteiger partial charge in [-0.15, -0.1) is 0 Å². The number of hydrogen-bond donors (Lipinski definition) is 4. The quantitative estimate of drug-likeness (QED) is 0.232. The normalized spacial score (nSPS) is 8.18. The van der Waals surface area contributed by atoms with Crippen LogP contribution in [-0.2, 0) is 4.89 Å². The predicted octanol–water partition coefficient (Wildman–Crippen LogP) is -1.82. The molecule has 0 heterocycles. The van der Waals surface area contributed by atoms with Gasteiger partial charge >= 0.3 is 29.6 Å². The zero-order valence-electron chi connectivity index (χ0n) is 5.90. The first-order valence-corrected chi connectivity index (χ1v) is 2.89. The molecule has 0 rings (SSSR count). The Morgan fingerprint density at radius 1 is 1.27 bits per heavy atom. The van der Waals surface area contributed by atoms with E-state index in [4.69, 9.17) is 20.6 Å². The van der Waals surface area contributed by atoms with E-state index in [9.17, 15) is 0 Å². The van der Waals surface area contributed by atoms with Crippen molar-refractivity contribution in [2.75, 3.05) is 19.8 Å². The van der Waals surface area contributed by atoms with Gasteiger partial charge in [0.15, 0.2) is 0 Å². The van der Waals surface area contributed by atoms with E-state index in [0.717, 1.165) is 0 Å². The molecule has 0 unspecified atom stereocenters. The van der Waals surface area contributed by atoms with Crippen molar-refractivity contribution in [3.63, 3.8) is 0 Å². The van der Waals surface area contributed by atoms with Crippen molar-refractivity contribution < 1.29 is 25.5 Å². The molecule has 0 bridgehead atoms. The second kappa shape index (κ2) is 17.0. The van der Waals surface area contributed by atoms with E-state index in [1.165, 1.54) is 0 Å². The van der Waals surface area contributed by atoms with Crippen LogP contribution in [0.15, 0.2) is 0 Å². The standard InChI is InChI=1S/C3H8O3.C2H6O2.Na.H/c4-1-3(6)2-5;1-2-4-3;;/h3-6H,1-2H2;3H,2H2,1H3;;. The summed E-state index contributed by atoms with van der Waals surface area (Å²) in [6.07, 6.45) is -0.954. The molecule has 11 heavy (non-hydrogen) atoms. The fourth-order valence-electron chi connectivity index (χ4n) is 0.0577. The molecule has 0 spiro atoms. The monoisotopic (exact) mass is 178 g/mol. The fraction of sp³-hybridized carbons (Fsp3) is 1.00. The van der Waals surface area contributed by atoms with E-state index >= 15 is 0 Å². The van der Waals surface area contributed by atoms with Gasteiger partial charge in [0.05, 0.1) is 19.8 Å². The van der Waals surface area contributed by atoms with Gasteiger partial charge < -0.3 is 15.3 Å². The van der Waals surface area contributed by atoms with Crippen molar-refractivity contribution in [1.29, 1.82) is 0 Å². The Bertz CT molecular complexity index is 48.1. The molecule has 0 aliphatic rings. The minimum atomic E-state index is -0.954. The Balaban J connectivity index is -0.000000114. The minimum absolute atomic E-state index is 0. The van der Waals surface area contributed by atoms with Crippen LogP contribution in [0.3, 0.4) is 0 Å². The van der Waals surface area contributed by atoms with Gasteiger partial charge in [-0.2, -0.15) is 0 Å². The Hall–Kier alpha value is 0.800. The molecule has 4 N–H and O–H groups in total. The molecule has 0 fully saturated rings. The zero-order chi connectivity index (χ0) is 8.41. The summed E-state index contributed by atoms with van der Waals surface area (Å²) in [5.41, 5.74) is 0. The van der Waals surface area contributed by atoms with E-state index < -0.39 is 6.10 Å². The van der Waals surface area contributed by atoms with Crippen LogP contribution in [0.5, 0.6) is 0 Å². The van der Waals surface area contributed by atoms with Crippen LogP contribution in [0, 0.1) is 0 Å². The van der Waals surface area contributed by atoms with E-state index in [0.29, 0.717) is 6.61 Å². The van der Waals surface area contributed by atoms with Gasteiger partial charge in [-0.1, -0.05) is 0 Å². The maximum absolute atomic E-state index is 8.17. The molecule has 0 aliphatic carbocycles. The molecule has 0 aromatic heterocycles. The van der Waals surface area contributed by atoms with Crippen molar-refractivity contribution in [2.24, 2.45) is 0 Å². The average Bonchev–Trinajstić information content (AvgIpc) is 2.03. The summed E-state index contributed by atoms with van der Waals surface area (Å²) in [5, 5.41) is 31.4. The van der Waals surface area contributed by atoms with Gasteiger partial charge in [0.1, 0.15) is 6.10 Å². The first kappa shape index (κ1) is 17.8. The first-order chi connectivity index (χ1) is 4.72. The molecule has 0 aliphatic heterocycles. The third kappa shape index (κ3) is 24.9. The van der Waals surface area contributed by atoms with Crippen molar-refractivity contribution >= 4 is 29.6 Å². The van der Waals surface area contributed by atoms with Crippen LogP contribution in [0.1, 0.15) is 6.92 Å². The van der Waals surface area contributed by atoms with E-state index in [1.807, 2.05) is 0 Å². The number of aliphatic hydroxyl groups is 3. The van der Waals surface area contributed by atoms with Gasteiger partial charge in [-0.05, 0) is 6.92 Å². The van der Waals surface area contributed by atoms with Crippen molar-refractivity contribution in [1.82, 2.24) is 0 Å². The van der Waals surface area contributed by atoms with Crippen LogP contribution in [-0.4, -0.2) is 76.1 Å². The summed E-state index contributed by atoms with van der Waals surface area (Å²) >= 11 is 0. The summed E-state index contributed by atoms with van der Waals surface area (Å²) in [6.45, 7) is 1.35. The van der Waals surface area contributed by atoms with Gasteiger partial charge in [-0.3, -0.25) is 5.26 Å². The van der Waals surface area contributed by atoms with Gasteiger partial charge in [0, 0.05) is 0 Å². The topological polar surface area (TPSA) is 90.2 Å². The summed E-state index contributed by atoms with van der Waals surface area (Å²) in [5.74, 6) is 0. The third-order valence-corrected chi connectivity index (χ3v) is 0.551. The Morgan fingerprint density at radius 3 is 1.55 bits per heavy atom.